The predicted octanol–water partition coefficient (Wildman–Crippen LogP) is 2.11. The van der Waals surface area contributed by atoms with Crippen molar-refractivity contribution in [2.45, 2.75) is 27.2 Å². The molecule has 0 aliphatic carbocycles. The van der Waals surface area contributed by atoms with E-state index in [9.17, 15) is 4.79 Å². The lowest BCUT2D eigenvalue weighted by molar-refractivity contribution is -0.142. The van der Waals surface area contributed by atoms with Gasteiger partial charge in [-0.15, -0.1) is 0 Å². The Morgan fingerprint density at radius 2 is 2.12 bits per heavy atom. The van der Waals surface area contributed by atoms with Crippen LogP contribution in [0.5, 0.6) is 0 Å². The highest BCUT2D eigenvalue weighted by atomic mass is 35.5. The topological polar surface area (TPSA) is 64.1 Å². The first-order chi connectivity index (χ1) is 8.04. The lowest BCUT2D eigenvalue weighted by Crippen LogP contribution is -2.13. The monoisotopic (exact) mass is 257 g/mol. The molecule has 0 unspecified atom stereocenters. The number of nitrogens with zero attached hydrogens (tertiary/aromatic N) is 2. The number of hydrogen-bond donors (Lipinski definition) is 1. The third-order valence-corrected chi connectivity index (χ3v) is 2.49. The van der Waals surface area contributed by atoms with Gasteiger partial charge in [-0.2, -0.15) is 0 Å². The summed E-state index contributed by atoms with van der Waals surface area (Å²) in [5.74, 6) is 1.03. The van der Waals surface area contributed by atoms with Crippen molar-refractivity contribution in [2.75, 3.05) is 18.5 Å². The minimum atomic E-state index is -0.227. The molecule has 1 aromatic heterocycles. The van der Waals surface area contributed by atoms with Gasteiger partial charge in [0.25, 0.3) is 0 Å². The molecule has 0 atom stereocenters. The Morgan fingerprint density at radius 1 is 1.41 bits per heavy atom. The quantitative estimate of drug-likeness (QED) is 0.647. The molecular formula is C11H16ClN3O2. The zero-order valence-corrected chi connectivity index (χ0v) is 11.0. The summed E-state index contributed by atoms with van der Waals surface area (Å²) in [6.07, 6.45) is 0.300. The number of esters is 1. The highest BCUT2D eigenvalue weighted by molar-refractivity contribution is 6.30. The third-order valence-electron chi connectivity index (χ3n) is 2.13. The van der Waals surface area contributed by atoms with Crippen molar-refractivity contribution >= 4 is 23.4 Å². The Labute approximate surface area is 106 Å². The van der Waals surface area contributed by atoms with Crippen LogP contribution < -0.4 is 5.32 Å². The van der Waals surface area contributed by atoms with Gasteiger partial charge in [-0.05, 0) is 20.8 Å². The summed E-state index contributed by atoms with van der Waals surface area (Å²) in [5.41, 5.74) is 0.779. The molecule has 6 heteroatoms. The second-order valence-corrected chi connectivity index (χ2v) is 3.88. The van der Waals surface area contributed by atoms with Crippen molar-refractivity contribution in [1.29, 1.82) is 0 Å². The molecule has 0 fully saturated rings. The maximum absolute atomic E-state index is 11.1. The molecule has 1 N–H and O–H groups in total. The number of ether oxygens (including phenoxy) is 1. The van der Waals surface area contributed by atoms with Crippen molar-refractivity contribution in [3.63, 3.8) is 0 Å². The fourth-order valence-corrected chi connectivity index (χ4v) is 1.49. The number of halogens is 1. The van der Waals surface area contributed by atoms with Crippen LogP contribution in [0.25, 0.3) is 0 Å². The van der Waals surface area contributed by atoms with E-state index in [4.69, 9.17) is 16.3 Å². The van der Waals surface area contributed by atoms with E-state index in [1.807, 2.05) is 6.92 Å². The molecule has 0 bridgehead atoms. The molecule has 0 aromatic carbocycles. The molecule has 0 aliphatic rings. The highest BCUT2D eigenvalue weighted by Gasteiger charge is 2.07. The first-order valence-electron chi connectivity index (χ1n) is 5.44. The Balaban J connectivity index is 2.55. The van der Waals surface area contributed by atoms with Crippen LogP contribution in [-0.4, -0.2) is 29.1 Å². The summed E-state index contributed by atoms with van der Waals surface area (Å²) in [5, 5.41) is 3.47. The van der Waals surface area contributed by atoms with E-state index < -0.39 is 0 Å². The molecule has 17 heavy (non-hydrogen) atoms. The molecule has 1 rings (SSSR count). The van der Waals surface area contributed by atoms with Gasteiger partial charge in [0.2, 0.25) is 0 Å². The number of carbonyl (C=O) groups is 1. The third kappa shape index (κ3) is 4.19. The zero-order chi connectivity index (χ0) is 12.8. The van der Waals surface area contributed by atoms with Gasteiger partial charge in [-0.25, -0.2) is 9.97 Å². The van der Waals surface area contributed by atoms with Crippen molar-refractivity contribution in [3.8, 4) is 0 Å². The highest BCUT2D eigenvalue weighted by Crippen LogP contribution is 2.19. The summed E-state index contributed by atoms with van der Waals surface area (Å²) in [6.45, 7) is 6.24. The van der Waals surface area contributed by atoms with Crippen LogP contribution in [0.2, 0.25) is 5.15 Å². The number of nitrogens with one attached hydrogen (secondary N) is 1. The molecule has 0 saturated heterocycles. The lowest BCUT2D eigenvalue weighted by atomic mass is 10.3. The van der Waals surface area contributed by atoms with E-state index in [2.05, 4.69) is 15.3 Å². The van der Waals surface area contributed by atoms with Gasteiger partial charge < -0.3 is 10.1 Å². The van der Waals surface area contributed by atoms with Crippen molar-refractivity contribution in [1.82, 2.24) is 9.97 Å². The maximum atomic E-state index is 11.1. The Bertz CT molecular complexity index is 410. The number of hydrogen-bond acceptors (Lipinski definition) is 5. The minimum absolute atomic E-state index is 0.227. The first-order valence-corrected chi connectivity index (χ1v) is 5.82. The molecule has 0 spiro atoms. The Morgan fingerprint density at radius 3 is 2.76 bits per heavy atom. The molecule has 5 nitrogen and oxygen atoms in total. The second-order valence-electron chi connectivity index (χ2n) is 3.52. The number of aryl methyl sites for hydroxylation is 1. The molecule has 1 aromatic rings. The van der Waals surface area contributed by atoms with Gasteiger partial charge in [0.05, 0.1) is 13.0 Å². The van der Waals surface area contributed by atoms with Gasteiger partial charge in [-0.1, -0.05) is 11.6 Å². The van der Waals surface area contributed by atoms with E-state index in [-0.39, 0.29) is 5.97 Å². The fraction of sp³-hybridized carbons (Fsp3) is 0.545. The number of aromatic nitrogens is 2. The van der Waals surface area contributed by atoms with Gasteiger partial charge in [0.15, 0.2) is 0 Å². The SMILES string of the molecule is CCOC(=O)CCNc1nc(C)nc(Cl)c1C. The normalized spacial score (nSPS) is 10.1. The summed E-state index contributed by atoms with van der Waals surface area (Å²) in [7, 11) is 0. The van der Waals surface area contributed by atoms with E-state index in [0.29, 0.717) is 36.4 Å². The van der Waals surface area contributed by atoms with Crippen LogP contribution in [-0.2, 0) is 9.53 Å². The maximum Gasteiger partial charge on any atom is 0.307 e. The number of rotatable bonds is 5. The van der Waals surface area contributed by atoms with Crippen LogP contribution >= 0.6 is 11.6 Å². The summed E-state index contributed by atoms with van der Waals surface area (Å²) >= 11 is 5.93. The summed E-state index contributed by atoms with van der Waals surface area (Å²) in [4.78, 5) is 19.4. The average Bonchev–Trinajstić information content (AvgIpc) is 2.25. The van der Waals surface area contributed by atoms with E-state index in [1.165, 1.54) is 0 Å². The van der Waals surface area contributed by atoms with Crippen LogP contribution in [0, 0.1) is 13.8 Å². The zero-order valence-electron chi connectivity index (χ0n) is 10.2. The summed E-state index contributed by atoms with van der Waals surface area (Å²) in [6, 6.07) is 0. The van der Waals surface area contributed by atoms with E-state index in [0.717, 1.165) is 5.56 Å². The second kappa shape index (κ2) is 6.39. The van der Waals surface area contributed by atoms with E-state index >= 15 is 0 Å². The van der Waals surface area contributed by atoms with Gasteiger partial charge in [0.1, 0.15) is 16.8 Å². The number of anilines is 1. The molecular weight excluding hydrogens is 242 g/mol. The van der Waals surface area contributed by atoms with Crippen LogP contribution in [0.15, 0.2) is 0 Å². The number of carbonyl (C=O) groups excluding carboxylic acids is 1. The summed E-state index contributed by atoms with van der Waals surface area (Å²) < 4.78 is 4.82. The standard InChI is InChI=1S/C11H16ClN3O2/c1-4-17-9(16)5-6-13-11-7(2)10(12)14-8(3)15-11/h4-6H2,1-3H3,(H,13,14,15). The molecule has 0 radical (unpaired) electrons. The van der Waals surface area contributed by atoms with E-state index in [1.54, 1.807) is 13.8 Å². The smallest absolute Gasteiger partial charge is 0.307 e. The Kier molecular flexibility index (Phi) is 5.15. The van der Waals surface area contributed by atoms with Gasteiger partial charge >= 0.3 is 5.97 Å². The van der Waals surface area contributed by atoms with Crippen molar-refractivity contribution in [3.05, 3.63) is 16.5 Å². The van der Waals surface area contributed by atoms with Gasteiger partial charge in [-0.3, -0.25) is 4.79 Å². The van der Waals surface area contributed by atoms with Crippen molar-refractivity contribution < 1.29 is 9.53 Å². The van der Waals surface area contributed by atoms with Crippen molar-refractivity contribution in [2.24, 2.45) is 0 Å². The van der Waals surface area contributed by atoms with Crippen LogP contribution in [0.4, 0.5) is 5.82 Å². The fourth-order valence-electron chi connectivity index (χ4n) is 1.28. The first kappa shape index (κ1) is 13.7. The largest absolute Gasteiger partial charge is 0.466 e. The molecule has 0 amide bonds. The predicted molar refractivity (Wildman–Crippen MR) is 66.3 cm³/mol. The van der Waals surface area contributed by atoms with Crippen LogP contribution in [0.3, 0.4) is 0 Å². The Hall–Kier alpha value is -1.36. The van der Waals surface area contributed by atoms with Gasteiger partial charge in [0, 0.05) is 12.1 Å². The average molecular weight is 258 g/mol. The molecule has 1 heterocycles. The minimum Gasteiger partial charge on any atom is -0.466 e. The molecule has 0 saturated carbocycles. The van der Waals surface area contributed by atoms with Crippen LogP contribution in [0.1, 0.15) is 24.7 Å². The molecule has 94 valence electrons. The molecule has 0 aliphatic heterocycles. The lowest BCUT2D eigenvalue weighted by Gasteiger charge is -2.09.